The first-order valence-electron chi connectivity index (χ1n) is 19.4. The summed E-state index contributed by atoms with van der Waals surface area (Å²) in [6, 6.07) is 4.54. The molecule has 0 spiro atoms. The minimum atomic E-state index is -1.31. The molecule has 0 radical (unpaired) electrons. The number of cyclic esters (lactones) is 1. The van der Waals surface area contributed by atoms with Crippen LogP contribution in [0.1, 0.15) is 91.6 Å². The van der Waals surface area contributed by atoms with Gasteiger partial charge < -0.3 is 43.3 Å². The molecular weight excluding hydrogens is 714 g/mol. The van der Waals surface area contributed by atoms with E-state index < -0.39 is 89.4 Å². The standard InChI is InChI=1S/C40H59N3O12/c1-11-30-40(8)27(17-31(44)54-40)23(4)32(45)21(2)18-39(7)35(53-38-33(46)29(43(9)10)16-22(3)51-38)24(5)34(25(6)36(47)52-30)49-19-26(20-50-39)42-55-37(48)28-14-12-13-15-41-28/h12-15,21-25,27,29-30,33-35,38,46H,11,16-20H2,1-10H3/b42-26-/t21-,22-,23-,24-,25-,27+,29+,30-,33-,34+,35-,38+,39-,40+/m1/s1. The van der Waals surface area contributed by atoms with E-state index in [2.05, 4.69) is 10.1 Å². The third-order valence-corrected chi connectivity index (χ3v) is 12.1. The number of hydrogen-bond acceptors (Lipinski definition) is 15. The highest BCUT2D eigenvalue weighted by atomic mass is 16.7. The Kier molecular flexibility index (Phi) is 13.6. The van der Waals surface area contributed by atoms with Crippen molar-refractivity contribution in [3.63, 3.8) is 0 Å². The Morgan fingerprint density at radius 2 is 1.80 bits per heavy atom. The van der Waals surface area contributed by atoms with Crippen molar-refractivity contribution in [1.29, 1.82) is 0 Å². The number of aliphatic hydroxyl groups excluding tert-OH is 1. The Labute approximate surface area is 323 Å². The second-order valence-corrected chi connectivity index (χ2v) is 16.5. The maximum absolute atomic E-state index is 14.5. The molecule has 0 aliphatic carbocycles. The normalized spacial score (nSPS) is 41.4. The fraction of sp³-hybridized carbons (Fsp3) is 0.750. The van der Waals surface area contributed by atoms with Crippen molar-refractivity contribution in [2.75, 3.05) is 27.3 Å². The van der Waals surface area contributed by atoms with Gasteiger partial charge in [0.05, 0.1) is 49.5 Å². The maximum atomic E-state index is 14.5. The molecule has 1 N–H and O–H groups in total. The van der Waals surface area contributed by atoms with Crippen LogP contribution in [0.5, 0.6) is 0 Å². The summed E-state index contributed by atoms with van der Waals surface area (Å²) in [4.78, 5) is 65.7. The zero-order valence-electron chi connectivity index (χ0n) is 33.8. The fourth-order valence-electron chi connectivity index (χ4n) is 9.04. The lowest BCUT2D eigenvalue weighted by Gasteiger charge is -2.48. The lowest BCUT2D eigenvalue weighted by Crippen LogP contribution is -2.60. The summed E-state index contributed by atoms with van der Waals surface area (Å²) in [6.45, 7) is 14.1. The highest BCUT2D eigenvalue weighted by Gasteiger charge is 2.57. The van der Waals surface area contributed by atoms with Crippen LogP contribution in [0.2, 0.25) is 0 Å². The van der Waals surface area contributed by atoms with E-state index in [0.29, 0.717) is 12.8 Å². The fourth-order valence-corrected chi connectivity index (χ4v) is 9.04. The molecule has 0 aromatic carbocycles. The van der Waals surface area contributed by atoms with Gasteiger partial charge in [-0.25, -0.2) is 9.78 Å². The molecule has 4 aliphatic rings. The number of hydrogen-bond donors (Lipinski definition) is 1. The number of Topliss-reactive ketones (excluding diaryl/α,β-unsaturated/α-hetero) is 1. The van der Waals surface area contributed by atoms with Crippen molar-refractivity contribution in [1.82, 2.24) is 9.88 Å². The van der Waals surface area contributed by atoms with Crippen molar-refractivity contribution < 1.29 is 57.5 Å². The molecule has 0 amide bonds. The van der Waals surface area contributed by atoms with Gasteiger partial charge >= 0.3 is 17.9 Å². The maximum Gasteiger partial charge on any atom is 0.383 e. The molecular formula is C40H59N3O12. The summed E-state index contributed by atoms with van der Waals surface area (Å²) in [5.74, 6) is -5.38. The third kappa shape index (κ3) is 9.12. The number of aliphatic hydroxyl groups is 1. The number of oxime groups is 1. The van der Waals surface area contributed by atoms with Crippen molar-refractivity contribution in [3.8, 4) is 0 Å². The first kappa shape index (κ1) is 42.8. The number of ketones is 1. The van der Waals surface area contributed by atoms with Gasteiger partial charge in [0.1, 0.15) is 29.3 Å². The predicted molar refractivity (Wildman–Crippen MR) is 198 cm³/mol. The molecule has 4 aliphatic heterocycles. The van der Waals surface area contributed by atoms with E-state index in [0.717, 1.165) is 0 Å². The number of esters is 2. The average Bonchev–Trinajstić information content (AvgIpc) is 3.48. The molecule has 55 heavy (non-hydrogen) atoms. The van der Waals surface area contributed by atoms with E-state index in [1.165, 1.54) is 12.3 Å². The van der Waals surface area contributed by atoms with Crippen LogP contribution in [-0.4, -0.2) is 126 Å². The topological polar surface area (TPSA) is 182 Å². The Balaban J connectivity index is 1.61. The van der Waals surface area contributed by atoms with Gasteiger partial charge in [-0.15, -0.1) is 0 Å². The van der Waals surface area contributed by atoms with Crippen LogP contribution < -0.4 is 0 Å². The van der Waals surface area contributed by atoms with Crippen LogP contribution in [0.25, 0.3) is 0 Å². The summed E-state index contributed by atoms with van der Waals surface area (Å²) >= 11 is 0. The molecule has 0 saturated carbocycles. The van der Waals surface area contributed by atoms with E-state index in [1.54, 1.807) is 32.9 Å². The smallest absolute Gasteiger partial charge is 0.383 e. The molecule has 4 fully saturated rings. The highest BCUT2D eigenvalue weighted by Crippen LogP contribution is 2.46. The molecule has 5 heterocycles. The van der Waals surface area contributed by atoms with Crippen molar-refractivity contribution >= 4 is 29.4 Å². The van der Waals surface area contributed by atoms with Gasteiger partial charge in [-0.2, -0.15) is 0 Å². The van der Waals surface area contributed by atoms with Crippen LogP contribution in [0.15, 0.2) is 29.6 Å². The van der Waals surface area contributed by atoms with E-state index >= 15 is 0 Å². The number of carbonyl (C=O) groups is 4. The Morgan fingerprint density at radius 3 is 2.45 bits per heavy atom. The number of nitrogens with zero attached hydrogens (tertiary/aromatic N) is 3. The van der Waals surface area contributed by atoms with E-state index in [-0.39, 0.29) is 55.4 Å². The molecule has 15 heteroatoms. The first-order chi connectivity index (χ1) is 25.9. The average molecular weight is 774 g/mol. The van der Waals surface area contributed by atoms with Gasteiger partial charge in [-0.3, -0.25) is 14.4 Å². The molecule has 2 bridgehead atoms. The lowest BCUT2D eigenvalue weighted by atomic mass is 9.70. The zero-order valence-corrected chi connectivity index (χ0v) is 33.8. The van der Waals surface area contributed by atoms with E-state index in [4.69, 9.17) is 33.3 Å². The summed E-state index contributed by atoms with van der Waals surface area (Å²) in [5, 5.41) is 15.7. The quantitative estimate of drug-likeness (QED) is 0.251. The molecule has 1 aromatic rings. The summed E-state index contributed by atoms with van der Waals surface area (Å²) in [6.07, 6.45) is -2.62. The number of pyridine rings is 1. The number of fused-ring (bicyclic) bond motifs is 4. The van der Waals surface area contributed by atoms with Crippen molar-refractivity contribution in [3.05, 3.63) is 30.1 Å². The highest BCUT2D eigenvalue weighted by molar-refractivity contribution is 5.90. The molecule has 14 atom stereocenters. The molecule has 4 saturated heterocycles. The molecule has 0 unspecified atom stereocenters. The van der Waals surface area contributed by atoms with Crippen molar-refractivity contribution in [2.45, 2.75) is 135 Å². The summed E-state index contributed by atoms with van der Waals surface area (Å²) in [5.41, 5.74) is -2.31. The number of ether oxygens (including phenoxy) is 6. The van der Waals surface area contributed by atoms with Gasteiger partial charge in [0.2, 0.25) is 0 Å². The Hall–Kier alpha value is -3.34. The molecule has 15 nitrogen and oxygen atoms in total. The lowest BCUT2D eigenvalue weighted by molar-refractivity contribution is -0.302. The minimum absolute atomic E-state index is 0.00117. The van der Waals surface area contributed by atoms with Gasteiger partial charge in [-0.05, 0) is 73.2 Å². The summed E-state index contributed by atoms with van der Waals surface area (Å²) < 4.78 is 38.5. The minimum Gasteiger partial charge on any atom is -0.458 e. The number of carbonyl (C=O) groups excluding carboxylic acids is 4. The molecule has 1 aromatic heterocycles. The van der Waals surface area contributed by atoms with Crippen LogP contribution in [0.3, 0.4) is 0 Å². The van der Waals surface area contributed by atoms with Crippen LogP contribution in [-0.2, 0) is 47.6 Å². The second kappa shape index (κ2) is 17.4. The number of likely N-dealkylation sites (N-methyl/N-ethyl adjacent to an activating group) is 1. The van der Waals surface area contributed by atoms with Gasteiger partial charge in [0.15, 0.2) is 12.0 Å². The number of aromatic nitrogens is 1. The predicted octanol–water partition coefficient (Wildman–Crippen LogP) is 3.74. The van der Waals surface area contributed by atoms with Gasteiger partial charge in [-0.1, -0.05) is 38.9 Å². The number of rotatable bonds is 6. The monoisotopic (exact) mass is 773 g/mol. The van der Waals surface area contributed by atoms with Crippen LogP contribution >= 0.6 is 0 Å². The van der Waals surface area contributed by atoms with E-state index in [9.17, 15) is 24.3 Å². The van der Waals surface area contributed by atoms with Gasteiger partial charge in [0, 0.05) is 35.9 Å². The second-order valence-electron chi connectivity index (χ2n) is 16.5. The van der Waals surface area contributed by atoms with Crippen LogP contribution in [0.4, 0.5) is 0 Å². The van der Waals surface area contributed by atoms with Gasteiger partial charge in [0.25, 0.3) is 0 Å². The Bertz CT molecular complexity index is 1580. The molecule has 5 rings (SSSR count). The van der Waals surface area contributed by atoms with Crippen LogP contribution in [0, 0.1) is 29.6 Å². The first-order valence-corrected chi connectivity index (χ1v) is 19.4. The molecule has 306 valence electrons. The van der Waals surface area contributed by atoms with Crippen molar-refractivity contribution in [2.24, 2.45) is 34.7 Å². The SMILES string of the molecule is CC[C@H]1OC(=O)[C@H](C)[C@H]2OC/C(=N/OC(=O)c3ccccn3)CO[C@](C)(C[C@@H](C)C(=O)[C@H](C)[C@@H]3CC(=O)O[C@]13C)[C@H](O[C@@H]1O[C@H](C)C[C@H](N(C)C)[C@H]1O)[C@@H]2C. The third-order valence-electron chi connectivity index (χ3n) is 12.1. The Morgan fingerprint density at radius 1 is 1.07 bits per heavy atom. The van der Waals surface area contributed by atoms with E-state index in [1.807, 2.05) is 53.6 Å². The summed E-state index contributed by atoms with van der Waals surface area (Å²) in [7, 11) is 3.76. The largest absolute Gasteiger partial charge is 0.458 e. The zero-order chi connectivity index (χ0) is 40.4.